The van der Waals surface area contributed by atoms with Crippen molar-refractivity contribution in [2.24, 2.45) is 0 Å². The molecule has 2 saturated heterocycles. The van der Waals surface area contributed by atoms with Crippen molar-refractivity contribution in [3.05, 3.63) is 30.1 Å². The van der Waals surface area contributed by atoms with Gasteiger partial charge in [-0.2, -0.15) is 4.80 Å². The molecule has 3 heterocycles. The molecule has 15 heteroatoms. The number of benzene rings is 1. The quantitative estimate of drug-likeness (QED) is 0.549. The van der Waals surface area contributed by atoms with Gasteiger partial charge in [-0.3, -0.25) is 19.5 Å². The van der Waals surface area contributed by atoms with Gasteiger partial charge in [0.05, 0.1) is 25.3 Å². The molecule has 2 fully saturated rings. The average molecular weight is 479 g/mol. The summed E-state index contributed by atoms with van der Waals surface area (Å²) in [6, 6.07) is 2.14. The smallest absolute Gasteiger partial charge is 0.414 e. The number of hydrazine groups is 1. The highest BCUT2D eigenvalue weighted by atomic mass is 19.1. The third-order valence-corrected chi connectivity index (χ3v) is 5.33. The van der Waals surface area contributed by atoms with E-state index in [1.807, 2.05) is 0 Å². The summed E-state index contributed by atoms with van der Waals surface area (Å²) in [4.78, 5) is 39.4. The molecule has 2 aromatic rings. The number of aromatic nitrogens is 4. The number of nitrogens with zero attached hydrogens (tertiary/aromatic N) is 7. The average Bonchev–Trinajstić information content (AvgIpc) is 3.35. The molecule has 4 rings (SSSR count). The SMILES string of the molecule is CC(=O)NC[C@H]1CN(c2cc(F)c(N3CCNN(C(=O)Cn4ncnn4)CC3)c(F)c2)C(=O)O1. The highest BCUT2D eigenvalue weighted by Gasteiger charge is 2.34. The third kappa shape index (κ3) is 5.19. The molecule has 2 aliphatic heterocycles. The van der Waals surface area contributed by atoms with Gasteiger partial charge in [0.25, 0.3) is 5.91 Å². The maximum atomic E-state index is 15.0. The predicted octanol–water partition coefficient (Wildman–Crippen LogP) is -0.734. The molecule has 0 bridgehead atoms. The maximum Gasteiger partial charge on any atom is 0.414 e. The van der Waals surface area contributed by atoms with Crippen LogP contribution in [0.2, 0.25) is 0 Å². The number of carbonyl (C=O) groups excluding carboxylic acids is 3. The number of halogens is 2. The number of hydrogen-bond acceptors (Lipinski definition) is 9. The van der Waals surface area contributed by atoms with Gasteiger partial charge in [0.2, 0.25) is 5.91 Å². The van der Waals surface area contributed by atoms with Crippen LogP contribution in [-0.2, 0) is 20.9 Å². The van der Waals surface area contributed by atoms with E-state index >= 15 is 8.78 Å². The standard InChI is InChI=1S/C19H23F2N9O4/c1-12(31)22-8-14-9-28(19(33)34-14)13-6-15(20)18(16(21)7-13)27-3-2-24-29(5-4-27)17(32)10-30-25-11-23-26-30/h6-7,11,14,24H,2-5,8-10H2,1H3,(H,22,31)/t14-/m0/s1. The second-order valence-corrected chi connectivity index (χ2v) is 7.72. The van der Waals surface area contributed by atoms with E-state index in [0.717, 1.165) is 21.8 Å². The fourth-order valence-corrected chi connectivity index (χ4v) is 3.74. The van der Waals surface area contributed by atoms with Gasteiger partial charge >= 0.3 is 6.09 Å². The molecule has 0 spiro atoms. The monoisotopic (exact) mass is 479 g/mol. The van der Waals surface area contributed by atoms with Crippen LogP contribution < -0.4 is 20.5 Å². The zero-order valence-corrected chi connectivity index (χ0v) is 18.3. The number of anilines is 2. The Kier molecular flexibility index (Phi) is 6.81. The molecule has 0 radical (unpaired) electrons. The lowest BCUT2D eigenvalue weighted by atomic mass is 10.2. The Bertz CT molecular complexity index is 1050. The molecule has 0 saturated carbocycles. The summed E-state index contributed by atoms with van der Waals surface area (Å²) in [7, 11) is 0. The Morgan fingerprint density at radius 2 is 2.00 bits per heavy atom. The van der Waals surface area contributed by atoms with Crippen LogP contribution in [0.5, 0.6) is 0 Å². The van der Waals surface area contributed by atoms with Crippen LogP contribution in [0.25, 0.3) is 0 Å². The molecule has 34 heavy (non-hydrogen) atoms. The van der Waals surface area contributed by atoms with Gasteiger partial charge in [0.1, 0.15) is 18.3 Å². The molecule has 1 aromatic heterocycles. The van der Waals surface area contributed by atoms with E-state index in [-0.39, 0.29) is 69.0 Å². The minimum atomic E-state index is -0.847. The normalized spacial score (nSPS) is 18.6. The van der Waals surface area contributed by atoms with Crippen LogP contribution in [0, 0.1) is 11.6 Å². The van der Waals surface area contributed by atoms with E-state index in [4.69, 9.17) is 4.74 Å². The highest BCUT2D eigenvalue weighted by Crippen LogP contribution is 2.31. The number of tetrazole rings is 1. The van der Waals surface area contributed by atoms with Crippen LogP contribution in [-0.4, -0.2) is 88.5 Å². The molecule has 13 nitrogen and oxygen atoms in total. The Balaban J connectivity index is 1.42. The minimum Gasteiger partial charge on any atom is -0.442 e. The van der Waals surface area contributed by atoms with Crippen LogP contribution in [0.4, 0.5) is 25.0 Å². The topological polar surface area (TPSA) is 138 Å². The summed E-state index contributed by atoms with van der Waals surface area (Å²) in [5.74, 6) is -2.30. The first-order valence-corrected chi connectivity index (χ1v) is 10.5. The Morgan fingerprint density at radius 1 is 1.24 bits per heavy atom. The highest BCUT2D eigenvalue weighted by molar-refractivity contribution is 5.90. The lowest BCUT2D eigenvalue weighted by Crippen LogP contribution is -2.45. The largest absolute Gasteiger partial charge is 0.442 e. The molecular formula is C19H23F2N9O4. The summed E-state index contributed by atoms with van der Waals surface area (Å²) in [5, 5.41) is 14.9. The number of carbonyl (C=O) groups is 3. The Hall–Kier alpha value is -3.88. The van der Waals surface area contributed by atoms with Crippen molar-refractivity contribution in [2.75, 3.05) is 49.1 Å². The summed E-state index contributed by atoms with van der Waals surface area (Å²) in [5.41, 5.74) is 2.69. The van der Waals surface area contributed by atoms with Crippen molar-refractivity contribution in [3.8, 4) is 0 Å². The molecule has 1 aromatic carbocycles. The molecule has 182 valence electrons. The number of nitrogens with one attached hydrogen (secondary N) is 2. The second kappa shape index (κ2) is 9.94. The fraction of sp³-hybridized carbons (Fsp3) is 0.474. The van der Waals surface area contributed by atoms with Crippen molar-refractivity contribution < 1.29 is 27.9 Å². The molecule has 3 amide bonds. The number of amides is 3. The van der Waals surface area contributed by atoms with E-state index in [1.54, 1.807) is 0 Å². The first-order chi connectivity index (χ1) is 16.3. The lowest BCUT2D eigenvalue weighted by Gasteiger charge is -2.25. The van der Waals surface area contributed by atoms with Crippen molar-refractivity contribution in [1.82, 2.24) is 36.0 Å². The van der Waals surface area contributed by atoms with Crippen molar-refractivity contribution in [1.29, 1.82) is 0 Å². The first-order valence-electron chi connectivity index (χ1n) is 10.5. The Labute approximate surface area is 192 Å². The zero-order chi connectivity index (χ0) is 24.2. The molecule has 0 unspecified atom stereocenters. The third-order valence-electron chi connectivity index (χ3n) is 5.33. The predicted molar refractivity (Wildman–Crippen MR) is 112 cm³/mol. The summed E-state index contributed by atoms with van der Waals surface area (Å²) in [6.07, 6.45) is -0.169. The first kappa shape index (κ1) is 23.3. The molecular weight excluding hydrogens is 456 g/mol. The van der Waals surface area contributed by atoms with E-state index < -0.39 is 23.8 Å². The number of rotatable bonds is 6. The van der Waals surface area contributed by atoms with Gasteiger partial charge in [-0.1, -0.05) is 0 Å². The van der Waals surface area contributed by atoms with Gasteiger partial charge in [-0.15, -0.1) is 10.2 Å². The Morgan fingerprint density at radius 3 is 2.68 bits per heavy atom. The van der Waals surface area contributed by atoms with Crippen LogP contribution in [0.1, 0.15) is 6.92 Å². The van der Waals surface area contributed by atoms with Crippen LogP contribution in [0.3, 0.4) is 0 Å². The van der Waals surface area contributed by atoms with E-state index in [2.05, 4.69) is 26.2 Å². The van der Waals surface area contributed by atoms with Crippen LogP contribution in [0.15, 0.2) is 18.5 Å². The summed E-state index contributed by atoms with van der Waals surface area (Å²) >= 11 is 0. The number of ether oxygens (including phenoxy) is 1. The molecule has 2 N–H and O–H groups in total. The zero-order valence-electron chi connectivity index (χ0n) is 18.3. The fourth-order valence-electron chi connectivity index (χ4n) is 3.74. The van der Waals surface area contributed by atoms with Crippen molar-refractivity contribution in [3.63, 3.8) is 0 Å². The number of hydrogen-bond donors (Lipinski definition) is 2. The van der Waals surface area contributed by atoms with Gasteiger partial charge in [0.15, 0.2) is 18.0 Å². The number of cyclic esters (lactones) is 1. The van der Waals surface area contributed by atoms with Gasteiger partial charge in [-0.05, 0) is 5.21 Å². The van der Waals surface area contributed by atoms with Crippen LogP contribution >= 0.6 is 0 Å². The molecule has 2 aliphatic rings. The summed E-state index contributed by atoms with van der Waals surface area (Å²) < 4.78 is 35.2. The van der Waals surface area contributed by atoms with Gasteiger partial charge < -0.3 is 15.0 Å². The van der Waals surface area contributed by atoms with Crippen molar-refractivity contribution >= 4 is 29.3 Å². The molecule has 1 atom stereocenters. The van der Waals surface area contributed by atoms with Crippen molar-refractivity contribution in [2.45, 2.75) is 19.6 Å². The lowest BCUT2D eigenvalue weighted by molar-refractivity contribution is -0.135. The second-order valence-electron chi connectivity index (χ2n) is 7.72. The molecule has 0 aliphatic carbocycles. The van der Waals surface area contributed by atoms with E-state index in [1.165, 1.54) is 23.2 Å². The van der Waals surface area contributed by atoms with Gasteiger partial charge in [-0.25, -0.2) is 19.0 Å². The minimum absolute atomic E-state index is 0.0131. The van der Waals surface area contributed by atoms with Gasteiger partial charge in [0, 0.05) is 38.7 Å². The summed E-state index contributed by atoms with van der Waals surface area (Å²) in [6.45, 7) is 2.19. The maximum absolute atomic E-state index is 15.0. The van der Waals surface area contributed by atoms with E-state index in [0.29, 0.717) is 0 Å². The van der Waals surface area contributed by atoms with E-state index in [9.17, 15) is 14.4 Å².